The molecule has 1 aromatic carbocycles. The number of halogens is 5. The number of pyridine rings is 1. The van der Waals surface area contributed by atoms with E-state index in [4.69, 9.17) is 25.8 Å². The lowest BCUT2D eigenvalue weighted by molar-refractivity contribution is -0.275. The van der Waals surface area contributed by atoms with Crippen LogP contribution in [0.5, 0.6) is 23.1 Å². The maximum Gasteiger partial charge on any atom is 0.573 e. The number of ether oxygens (including phenoxy) is 4. The molecule has 1 atom stereocenters. The van der Waals surface area contributed by atoms with Gasteiger partial charge in [-0.1, -0.05) is 11.6 Å². The van der Waals surface area contributed by atoms with Crippen LogP contribution in [0, 0.1) is 0 Å². The molecular weight excluding hydrogens is 536 g/mol. The monoisotopic (exact) mass is 558 g/mol. The third-order valence-electron chi connectivity index (χ3n) is 5.42. The molecule has 3 aromatic rings. The largest absolute Gasteiger partial charge is 0.573 e. The van der Waals surface area contributed by atoms with Crippen molar-refractivity contribution in [3.8, 4) is 28.8 Å². The minimum Gasteiger partial charge on any atom is -0.494 e. The number of benzene rings is 1. The number of aromatic nitrogens is 3. The van der Waals surface area contributed by atoms with Gasteiger partial charge >= 0.3 is 6.36 Å². The maximum atomic E-state index is 14.8. The molecule has 4 rings (SSSR count). The molecule has 1 aliphatic heterocycles. The Kier molecular flexibility index (Phi) is 8.26. The van der Waals surface area contributed by atoms with Gasteiger partial charge in [-0.05, 0) is 38.0 Å². The Hall–Kier alpha value is -3.58. The van der Waals surface area contributed by atoms with E-state index in [1.807, 2.05) is 0 Å². The van der Waals surface area contributed by atoms with Crippen LogP contribution in [-0.2, 0) is 4.74 Å². The van der Waals surface area contributed by atoms with Crippen LogP contribution in [0.4, 0.5) is 23.2 Å². The summed E-state index contributed by atoms with van der Waals surface area (Å²) >= 11 is 6.21. The molecule has 1 saturated heterocycles. The smallest absolute Gasteiger partial charge is 0.494 e. The van der Waals surface area contributed by atoms with Crippen LogP contribution >= 0.6 is 11.6 Å². The van der Waals surface area contributed by atoms with Crippen LogP contribution in [0.25, 0.3) is 5.69 Å². The Morgan fingerprint density at radius 1 is 1.21 bits per heavy atom. The van der Waals surface area contributed by atoms with Crippen LogP contribution in [0.1, 0.15) is 19.8 Å². The fraction of sp³-hybridized carbons (Fsp3) is 0.375. The molecule has 0 bridgehead atoms. The second kappa shape index (κ2) is 11.4. The molecule has 0 radical (unpaired) electrons. The van der Waals surface area contributed by atoms with E-state index in [1.165, 1.54) is 36.7 Å². The van der Waals surface area contributed by atoms with Crippen molar-refractivity contribution >= 4 is 17.3 Å². The molecule has 1 aliphatic rings. The van der Waals surface area contributed by atoms with Crippen LogP contribution in [-0.4, -0.2) is 53.2 Å². The molecule has 0 spiro atoms. The van der Waals surface area contributed by atoms with Crippen LogP contribution < -0.4 is 25.1 Å². The van der Waals surface area contributed by atoms with Gasteiger partial charge in [-0.25, -0.2) is 9.37 Å². The summed E-state index contributed by atoms with van der Waals surface area (Å²) in [7, 11) is 0. The van der Waals surface area contributed by atoms with Gasteiger partial charge in [-0.2, -0.15) is 9.78 Å². The zero-order chi connectivity index (χ0) is 27.3. The second-order valence-electron chi connectivity index (χ2n) is 8.30. The first kappa shape index (κ1) is 27.5. The van der Waals surface area contributed by atoms with Gasteiger partial charge in [0.1, 0.15) is 10.8 Å². The fourth-order valence-electron chi connectivity index (χ4n) is 3.66. The first-order valence-corrected chi connectivity index (χ1v) is 11.9. The van der Waals surface area contributed by atoms with Crippen molar-refractivity contribution in [1.29, 1.82) is 0 Å². The molecule has 0 amide bonds. The van der Waals surface area contributed by atoms with Crippen LogP contribution in [0.15, 0.2) is 47.5 Å². The summed E-state index contributed by atoms with van der Waals surface area (Å²) in [5, 5.41) is 6.66. The lowest BCUT2D eigenvalue weighted by Gasteiger charge is -2.29. The molecule has 0 unspecified atom stereocenters. The van der Waals surface area contributed by atoms with E-state index in [-0.39, 0.29) is 53.5 Å². The average Bonchev–Trinajstić information content (AvgIpc) is 2.87. The summed E-state index contributed by atoms with van der Waals surface area (Å²) in [5.41, 5.74) is -1.91. The summed E-state index contributed by atoms with van der Waals surface area (Å²) < 4.78 is 74.2. The van der Waals surface area contributed by atoms with Gasteiger partial charge in [0.2, 0.25) is 5.88 Å². The molecular formula is C24H23ClF4N4O5. The van der Waals surface area contributed by atoms with E-state index in [0.717, 1.165) is 10.7 Å². The van der Waals surface area contributed by atoms with E-state index < -0.39 is 23.3 Å². The topological polar surface area (TPSA) is 96.7 Å². The molecule has 2 aromatic heterocycles. The highest BCUT2D eigenvalue weighted by atomic mass is 35.5. The number of nitrogens with one attached hydrogen (secondary N) is 1. The molecule has 38 heavy (non-hydrogen) atoms. The van der Waals surface area contributed by atoms with E-state index >= 15 is 0 Å². The highest BCUT2D eigenvalue weighted by Gasteiger charge is 2.33. The number of alkyl halides is 4. The van der Waals surface area contributed by atoms with Gasteiger partial charge in [0, 0.05) is 18.7 Å². The van der Waals surface area contributed by atoms with Gasteiger partial charge in [0.05, 0.1) is 43.5 Å². The Bertz CT molecular complexity index is 1310. The van der Waals surface area contributed by atoms with Gasteiger partial charge < -0.3 is 24.3 Å². The SMILES string of the molecule is CCOc1ccc(OC(F)(F)F)c(Oc2ccc(-n3ncc(NC[C@@]4(F)CCCOC4)c(Cl)c3=O)cn2)c1. The summed E-state index contributed by atoms with van der Waals surface area (Å²) in [6.45, 7) is 2.35. The highest BCUT2D eigenvalue weighted by Crippen LogP contribution is 2.37. The summed E-state index contributed by atoms with van der Waals surface area (Å²) in [6.07, 6.45) is -1.53. The normalized spacial score (nSPS) is 17.6. The van der Waals surface area contributed by atoms with Crippen LogP contribution in [0.3, 0.4) is 0 Å². The zero-order valence-electron chi connectivity index (χ0n) is 20.1. The summed E-state index contributed by atoms with van der Waals surface area (Å²) in [6, 6.07) is 6.34. The van der Waals surface area contributed by atoms with Gasteiger partial charge in [0.15, 0.2) is 17.2 Å². The standard InChI is InChI=1S/C24H23ClF4N4O5/c1-2-36-16-5-6-18(38-24(27,28)29)19(10-16)37-20-7-4-15(11-30-20)33-22(34)21(25)17(12-32-33)31-13-23(26)8-3-9-35-14-23/h4-7,10-12,31H,2-3,8-9,13-14H2,1H3/t23-/m0/s1. The first-order valence-electron chi connectivity index (χ1n) is 11.5. The molecule has 3 heterocycles. The molecule has 9 nitrogen and oxygen atoms in total. The van der Waals surface area contributed by atoms with Crippen molar-refractivity contribution in [2.75, 3.05) is 31.7 Å². The minimum atomic E-state index is -4.94. The molecule has 0 saturated carbocycles. The quantitative estimate of drug-likeness (QED) is 0.353. The van der Waals surface area contributed by atoms with Crippen molar-refractivity contribution in [3.05, 3.63) is 58.1 Å². The second-order valence-corrected chi connectivity index (χ2v) is 8.67. The Labute approximate surface area is 219 Å². The predicted molar refractivity (Wildman–Crippen MR) is 129 cm³/mol. The number of rotatable bonds is 9. The van der Waals surface area contributed by atoms with E-state index in [9.17, 15) is 22.4 Å². The van der Waals surface area contributed by atoms with Crippen molar-refractivity contribution in [2.24, 2.45) is 0 Å². The summed E-state index contributed by atoms with van der Waals surface area (Å²) in [4.78, 5) is 16.8. The third-order valence-corrected chi connectivity index (χ3v) is 5.79. The molecule has 0 aliphatic carbocycles. The third kappa shape index (κ3) is 6.84. The van der Waals surface area contributed by atoms with Gasteiger partial charge in [0.25, 0.3) is 5.56 Å². The molecule has 14 heteroatoms. The number of anilines is 1. The Balaban J connectivity index is 1.51. The first-order chi connectivity index (χ1) is 18.1. The van der Waals surface area contributed by atoms with E-state index in [0.29, 0.717) is 19.4 Å². The predicted octanol–water partition coefficient (Wildman–Crippen LogP) is 5.30. The Morgan fingerprint density at radius 2 is 2.03 bits per heavy atom. The average molecular weight is 559 g/mol. The van der Waals surface area contributed by atoms with Crippen molar-refractivity contribution < 1.29 is 36.5 Å². The maximum absolute atomic E-state index is 14.8. The van der Waals surface area contributed by atoms with E-state index in [1.54, 1.807) is 6.92 Å². The minimum absolute atomic E-state index is 0.0536. The molecule has 204 valence electrons. The van der Waals surface area contributed by atoms with Crippen molar-refractivity contribution in [3.63, 3.8) is 0 Å². The lowest BCUT2D eigenvalue weighted by Crippen LogP contribution is -2.40. The number of hydrogen-bond donors (Lipinski definition) is 1. The zero-order valence-corrected chi connectivity index (χ0v) is 20.8. The Morgan fingerprint density at radius 3 is 2.68 bits per heavy atom. The van der Waals surface area contributed by atoms with Gasteiger partial charge in [-0.15, -0.1) is 13.2 Å². The van der Waals surface area contributed by atoms with Gasteiger partial charge in [-0.3, -0.25) is 4.79 Å². The van der Waals surface area contributed by atoms with E-state index in [2.05, 4.69) is 20.1 Å². The lowest BCUT2D eigenvalue weighted by atomic mass is 9.99. The molecule has 1 fully saturated rings. The summed E-state index contributed by atoms with van der Waals surface area (Å²) in [5.74, 6) is -0.692. The van der Waals surface area contributed by atoms with Crippen LogP contribution in [0.2, 0.25) is 5.02 Å². The molecule has 1 N–H and O–H groups in total. The fourth-order valence-corrected chi connectivity index (χ4v) is 3.85. The highest BCUT2D eigenvalue weighted by molar-refractivity contribution is 6.32. The van der Waals surface area contributed by atoms with Crippen molar-refractivity contribution in [2.45, 2.75) is 31.8 Å². The number of hydrogen-bond acceptors (Lipinski definition) is 8. The number of nitrogens with zero attached hydrogens (tertiary/aromatic N) is 3. The van der Waals surface area contributed by atoms with Crippen molar-refractivity contribution in [1.82, 2.24) is 14.8 Å².